The van der Waals surface area contributed by atoms with Gasteiger partial charge in [-0.25, -0.2) is 22.5 Å². The van der Waals surface area contributed by atoms with Gasteiger partial charge in [0.15, 0.2) is 0 Å². The maximum absolute atomic E-state index is 15.7. The van der Waals surface area contributed by atoms with Crippen molar-refractivity contribution < 1.29 is 27.5 Å². The van der Waals surface area contributed by atoms with Crippen LogP contribution in [0.2, 0.25) is 0 Å². The van der Waals surface area contributed by atoms with Crippen molar-refractivity contribution in [2.24, 2.45) is 0 Å². The summed E-state index contributed by atoms with van der Waals surface area (Å²) in [4.78, 5) is 41.6. The second kappa shape index (κ2) is 13.9. The molecule has 238 valence electrons. The van der Waals surface area contributed by atoms with E-state index >= 15 is 4.39 Å². The fourth-order valence-corrected chi connectivity index (χ4v) is 6.55. The van der Waals surface area contributed by atoms with Gasteiger partial charge in [0.1, 0.15) is 23.7 Å². The number of aliphatic carboxylic acids is 1. The Labute approximate surface area is 265 Å². The van der Waals surface area contributed by atoms with Crippen molar-refractivity contribution in [3.8, 4) is 11.1 Å². The molecule has 5 rings (SSSR count). The maximum Gasteiger partial charge on any atom is 0.323 e. The minimum absolute atomic E-state index is 0.0285. The van der Waals surface area contributed by atoms with Crippen LogP contribution in [0.4, 0.5) is 4.39 Å². The Morgan fingerprint density at radius 2 is 1.72 bits per heavy atom. The number of unbranched alkanes of at least 4 members (excludes halogenated alkanes) is 1. The van der Waals surface area contributed by atoms with Gasteiger partial charge in [-0.2, -0.15) is 0 Å². The van der Waals surface area contributed by atoms with Crippen LogP contribution in [0.5, 0.6) is 0 Å². The van der Waals surface area contributed by atoms with Gasteiger partial charge in [-0.15, -0.1) is 0 Å². The Bertz CT molecular complexity index is 2070. The van der Waals surface area contributed by atoms with Gasteiger partial charge >= 0.3 is 5.97 Å². The Morgan fingerprint density at radius 3 is 2.43 bits per heavy atom. The molecule has 2 aromatic heterocycles. The standard InChI is InChI=1S/C34H33FN4O6S/c1-2-3-13-30-36-28-18-19-38(22-32(41)42)34(43)33(28)39(30)21-25-16-15-24(20-27(25)35)26-11-7-8-12-29(26)46(44,45)37-31(40)17-14-23-9-5-4-6-10-23/h4-12,15-16,18-20H,2-3,13-14,17,21-22H2,1H3,(H,37,40)(H,41,42). The van der Waals surface area contributed by atoms with Crippen LogP contribution >= 0.6 is 0 Å². The minimum atomic E-state index is -4.28. The molecule has 0 atom stereocenters. The fraction of sp³-hybridized carbons (Fsp3) is 0.235. The van der Waals surface area contributed by atoms with E-state index in [2.05, 4.69) is 9.71 Å². The molecule has 2 heterocycles. The highest BCUT2D eigenvalue weighted by Crippen LogP contribution is 2.29. The summed E-state index contributed by atoms with van der Waals surface area (Å²) in [5.74, 6) is -1.89. The lowest BCUT2D eigenvalue weighted by atomic mass is 10.0. The molecule has 0 bridgehead atoms. The third-order valence-electron chi connectivity index (χ3n) is 7.61. The fourth-order valence-electron chi connectivity index (χ4n) is 5.30. The number of carboxylic acid groups (broad SMARTS) is 1. The number of nitrogens with zero attached hydrogens (tertiary/aromatic N) is 3. The van der Waals surface area contributed by atoms with Crippen molar-refractivity contribution in [3.05, 3.63) is 118 Å². The van der Waals surface area contributed by atoms with Crippen LogP contribution in [0, 0.1) is 5.82 Å². The van der Waals surface area contributed by atoms with E-state index in [0.717, 1.165) is 23.0 Å². The van der Waals surface area contributed by atoms with Gasteiger partial charge in [-0.1, -0.05) is 74.0 Å². The van der Waals surface area contributed by atoms with E-state index in [9.17, 15) is 27.9 Å². The number of halogens is 1. The highest BCUT2D eigenvalue weighted by molar-refractivity contribution is 7.90. The minimum Gasteiger partial charge on any atom is -0.480 e. The summed E-state index contributed by atoms with van der Waals surface area (Å²) in [6.07, 6.45) is 3.90. The highest BCUT2D eigenvalue weighted by atomic mass is 32.2. The molecule has 0 radical (unpaired) electrons. The molecule has 2 N–H and O–H groups in total. The van der Waals surface area contributed by atoms with E-state index in [0.29, 0.717) is 24.2 Å². The first-order chi connectivity index (χ1) is 22.1. The number of benzene rings is 3. The number of carbonyl (C=O) groups excluding carboxylic acids is 1. The van der Waals surface area contributed by atoms with Crippen LogP contribution < -0.4 is 10.3 Å². The largest absolute Gasteiger partial charge is 0.480 e. The molecule has 0 saturated carbocycles. The molecular weight excluding hydrogens is 611 g/mol. The van der Waals surface area contributed by atoms with Crippen LogP contribution in [0.1, 0.15) is 43.1 Å². The predicted molar refractivity (Wildman–Crippen MR) is 171 cm³/mol. The summed E-state index contributed by atoms with van der Waals surface area (Å²) in [5.41, 5.74) is 1.64. The molecule has 10 nitrogen and oxygen atoms in total. The number of rotatable bonds is 13. The number of pyridine rings is 1. The number of aryl methyl sites for hydroxylation is 2. The predicted octanol–water partition coefficient (Wildman–Crippen LogP) is 4.92. The summed E-state index contributed by atoms with van der Waals surface area (Å²) >= 11 is 0. The van der Waals surface area contributed by atoms with Gasteiger partial charge in [0.05, 0.1) is 17.0 Å². The van der Waals surface area contributed by atoms with Crippen molar-refractivity contribution in [1.82, 2.24) is 18.8 Å². The molecule has 0 aliphatic heterocycles. The van der Waals surface area contributed by atoms with E-state index in [4.69, 9.17) is 0 Å². The Kier molecular flexibility index (Phi) is 9.76. The first-order valence-corrected chi connectivity index (χ1v) is 16.3. The molecule has 3 aromatic carbocycles. The zero-order chi connectivity index (χ0) is 32.8. The van der Waals surface area contributed by atoms with Gasteiger partial charge in [0, 0.05) is 30.2 Å². The lowest BCUT2D eigenvalue weighted by molar-refractivity contribution is -0.137. The van der Waals surface area contributed by atoms with E-state index in [1.807, 2.05) is 37.3 Å². The number of carboxylic acids is 1. The summed E-state index contributed by atoms with van der Waals surface area (Å²) in [6.45, 7) is 1.44. The summed E-state index contributed by atoms with van der Waals surface area (Å²) in [5, 5.41) is 9.24. The van der Waals surface area contributed by atoms with Crippen LogP contribution in [-0.4, -0.2) is 39.5 Å². The molecule has 5 aromatic rings. The lowest BCUT2D eigenvalue weighted by Gasteiger charge is -2.14. The van der Waals surface area contributed by atoms with E-state index < -0.39 is 39.8 Å². The van der Waals surface area contributed by atoms with Crippen molar-refractivity contribution >= 4 is 32.9 Å². The number of carbonyl (C=O) groups is 2. The number of amides is 1. The maximum atomic E-state index is 15.7. The number of sulfonamides is 1. The van der Waals surface area contributed by atoms with Crippen LogP contribution in [-0.2, 0) is 45.5 Å². The van der Waals surface area contributed by atoms with Gasteiger partial charge in [-0.3, -0.25) is 14.4 Å². The van der Waals surface area contributed by atoms with E-state index in [1.165, 1.54) is 36.5 Å². The summed E-state index contributed by atoms with van der Waals surface area (Å²) in [7, 11) is -4.28. The topological polar surface area (TPSA) is 140 Å². The smallest absolute Gasteiger partial charge is 0.323 e. The summed E-state index contributed by atoms with van der Waals surface area (Å²) < 4.78 is 47.1. The average molecular weight is 645 g/mol. The SMILES string of the molecule is CCCCc1nc2ccn(CC(=O)O)c(=O)c2n1Cc1ccc(-c2ccccc2S(=O)(=O)NC(=O)CCc2ccccc2)cc1F. The monoisotopic (exact) mass is 644 g/mol. The zero-order valence-corrected chi connectivity index (χ0v) is 26.0. The molecule has 0 unspecified atom stereocenters. The van der Waals surface area contributed by atoms with Gasteiger partial charge in [0.25, 0.3) is 15.6 Å². The van der Waals surface area contributed by atoms with Crippen LogP contribution in [0.15, 0.2) is 94.7 Å². The molecule has 46 heavy (non-hydrogen) atoms. The zero-order valence-electron chi connectivity index (χ0n) is 25.1. The van der Waals surface area contributed by atoms with Crippen molar-refractivity contribution in [3.63, 3.8) is 0 Å². The molecule has 1 amide bonds. The molecule has 0 aliphatic carbocycles. The van der Waals surface area contributed by atoms with E-state index in [-0.39, 0.29) is 40.1 Å². The quantitative estimate of drug-likeness (QED) is 0.186. The van der Waals surface area contributed by atoms with Crippen LogP contribution in [0.25, 0.3) is 22.2 Å². The average Bonchev–Trinajstić information content (AvgIpc) is 3.39. The Balaban J connectivity index is 1.44. The van der Waals surface area contributed by atoms with Gasteiger partial charge in [0.2, 0.25) is 5.91 Å². The molecular formula is C34H33FN4O6S. The molecule has 12 heteroatoms. The molecule has 0 fully saturated rings. The molecule has 0 aliphatic rings. The second-order valence-corrected chi connectivity index (χ2v) is 12.6. The number of hydrogen-bond donors (Lipinski definition) is 2. The number of nitrogens with one attached hydrogen (secondary N) is 1. The third-order valence-corrected chi connectivity index (χ3v) is 9.04. The molecule has 0 saturated heterocycles. The Morgan fingerprint density at radius 1 is 0.978 bits per heavy atom. The Hall–Kier alpha value is -5.10. The van der Waals surface area contributed by atoms with Crippen LogP contribution in [0.3, 0.4) is 0 Å². The number of imidazole rings is 1. The lowest BCUT2D eigenvalue weighted by Crippen LogP contribution is -2.31. The number of fused-ring (bicyclic) bond motifs is 1. The normalized spacial score (nSPS) is 11.5. The first kappa shape index (κ1) is 32.3. The summed E-state index contributed by atoms with van der Waals surface area (Å²) in [6, 6.07) is 21.2. The van der Waals surface area contributed by atoms with Crippen molar-refractivity contribution in [2.75, 3.05) is 0 Å². The van der Waals surface area contributed by atoms with Gasteiger partial charge in [-0.05, 0) is 42.2 Å². The number of aromatic nitrogens is 3. The first-order valence-electron chi connectivity index (χ1n) is 14.8. The number of hydrogen-bond acceptors (Lipinski definition) is 6. The van der Waals surface area contributed by atoms with E-state index in [1.54, 1.807) is 22.8 Å². The third kappa shape index (κ3) is 7.23. The molecule has 0 spiro atoms. The highest BCUT2D eigenvalue weighted by Gasteiger charge is 2.23. The van der Waals surface area contributed by atoms with Crippen molar-refractivity contribution in [1.29, 1.82) is 0 Å². The second-order valence-electron chi connectivity index (χ2n) is 10.9. The van der Waals surface area contributed by atoms with Gasteiger partial charge < -0.3 is 14.2 Å². The van der Waals surface area contributed by atoms with Crippen molar-refractivity contribution in [2.45, 2.75) is 57.0 Å².